The molecule has 0 aliphatic heterocycles. The number of fused-ring (bicyclic) bond motifs is 7. The molecule has 13 aromatic rings. The molecule has 0 unspecified atom stereocenters. The number of anilines is 3. The van der Waals surface area contributed by atoms with Gasteiger partial charge in [0, 0.05) is 33.5 Å². The van der Waals surface area contributed by atoms with Gasteiger partial charge in [-0.25, -0.2) is 0 Å². The van der Waals surface area contributed by atoms with Crippen molar-refractivity contribution in [2.45, 2.75) is 0 Å². The van der Waals surface area contributed by atoms with Crippen molar-refractivity contribution >= 4 is 71.2 Å². The van der Waals surface area contributed by atoms with E-state index in [0.717, 1.165) is 33.9 Å². The number of benzene rings is 12. The van der Waals surface area contributed by atoms with Crippen LogP contribution in [0.1, 0.15) is 0 Å². The molecule has 12 aromatic carbocycles. The number of hydrogen-bond donors (Lipinski definition) is 0. The SMILES string of the molecule is c1ccc(-c2cccc(N(c3cccc(-c4ccc5c(c4)c(-c4ccccc4)c(-c4ccccc4)c4ccccc45)c3)c3ccc4c(c3)c3ccccc3n4-c3ccc4ccccc4c3)c2)cc1. The summed E-state index contributed by atoms with van der Waals surface area (Å²) in [5.41, 5.74) is 16.4. The van der Waals surface area contributed by atoms with Gasteiger partial charge in [0.15, 0.2) is 0 Å². The van der Waals surface area contributed by atoms with Gasteiger partial charge in [0.2, 0.25) is 0 Å². The fourth-order valence-corrected chi connectivity index (χ4v) is 10.6. The summed E-state index contributed by atoms with van der Waals surface area (Å²) in [6.07, 6.45) is 0. The number of aromatic nitrogens is 1. The zero-order chi connectivity index (χ0) is 45.0. The quantitative estimate of drug-likeness (QED) is 0.138. The number of rotatable bonds is 8. The molecule has 0 fully saturated rings. The Balaban J connectivity index is 1.01. The average Bonchev–Trinajstić information content (AvgIpc) is 3.75. The van der Waals surface area contributed by atoms with Gasteiger partial charge in [0.1, 0.15) is 0 Å². The molecule has 68 heavy (non-hydrogen) atoms. The molecular weight excluding hydrogens is 821 g/mol. The smallest absolute Gasteiger partial charge is 0.0542 e. The molecule has 0 N–H and O–H groups in total. The highest BCUT2D eigenvalue weighted by Crippen LogP contribution is 2.47. The van der Waals surface area contributed by atoms with E-state index in [9.17, 15) is 0 Å². The van der Waals surface area contributed by atoms with Gasteiger partial charge >= 0.3 is 0 Å². The van der Waals surface area contributed by atoms with Crippen LogP contribution in [0.5, 0.6) is 0 Å². The molecule has 0 bridgehead atoms. The van der Waals surface area contributed by atoms with Crippen LogP contribution in [0, 0.1) is 0 Å². The second-order valence-corrected chi connectivity index (χ2v) is 17.7. The van der Waals surface area contributed by atoms with Crippen molar-refractivity contribution in [3.05, 3.63) is 267 Å². The topological polar surface area (TPSA) is 8.17 Å². The highest BCUT2D eigenvalue weighted by atomic mass is 15.1. The largest absolute Gasteiger partial charge is 0.310 e. The second kappa shape index (κ2) is 16.5. The molecule has 1 aromatic heterocycles. The summed E-state index contributed by atoms with van der Waals surface area (Å²) in [5.74, 6) is 0. The van der Waals surface area contributed by atoms with Gasteiger partial charge in [-0.05, 0) is 144 Å². The minimum atomic E-state index is 1.08. The minimum Gasteiger partial charge on any atom is -0.310 e. The monoisotopic (exact) mass is 864 g/mol. The van der Waals surface area contributed by atoms with E-state index >= 15 is 0 Å². The maximum Gasteiger partial charge on any atom is 0.0542 e. The first-order valence-corrected chi connectivity index (χ1v) is 23.4. The molecule has 0 spiro atoms. The standard InChI is InChI=1S/C66H44N2/c1-4-18-45(19-5-1)50-26-16-28-53(40-50)67(56-37-39-64-61(44-56)59-31-14-15-33-63(59)68(64)55-36-34-46-20-10-11-25-49(46)41-55)54-29-17-27-51(42-54)52-35-38-58-57-30-12-13-32-60(57)65(47-21-6-2-7-22-47)66(62(58)43-52)48-23-8-3-9-24-48/h1-44H. The number of hydrogen-bond acceptors (Lipinski definition) is 1. The van der Waals surface area contributed by atoms with Crippen molar-refractivity contribution in [2.75, 3.05) is 4.90 Å². The lowest BCUT2D eigenvalue weighted by molar-refractivity contribution is 1.18. The van der Waals surface area contributed by atoms with Crippen molar-refractivity contribution in [3.8, 4) is 50.2 Å². The van der Waals surface area contributed by atoms with Crippen molar-refractivity contribution < 1.29 is 0 Å². The van der Waals surface area contributed by atoms with Gasteiger partial charge in [0.25, 0.3) is 0 Å². The van der Waals surface area contributed by atoms with Gasteiger partial charge in [-0.15, -0.1) is 0 Å². The molecule has 2 nitrogen and oxygen atoms in total. The predicted octanol–water partition coefficient (Wildman–Crippen LogP) is 18.4. The maximum atomic E-state index is 2.43. The van der Waals surface area contributed by atoms with E-state index < -0.39 is 0 Å². The van der Waals surface area contributed by atoms with Gasteiger partial charge in [0.05, 0.1) is 11.0 Å². The van der Waals surface area contributed by atoms with E-state index in [2.05, 4.69) is 276 Å². The first kappa shape index (κ1) is 39.4. The third kappa shape index (κ3) is 6.73. The van der Waals surface area contributed by atoms with Crippen LogP contribution in [0.3, 0.4) is 0 Å². The normalized spacial score (nSPS) is 11.5. The lowest BCUT2D eigenvalue weighted by atomic mass is 9.84. The van der Waals surface area contributed by atoms with Crippen molar-refractivity contribution in [1.82, 2.24) is 4.57 Å². The summed E-state index contributed by atoms with van der Waals surface area (Å²) < 4.78 is 2.41. The second-order valence-electron chi connectivity index (χ2n) is 17.7. The van der Waals surface area contributed by atoms with Crippen LogP contribution in [0.4, 0.5) is 17.1 Å². The Morgan fingerprint density at radius 2 is 0.735 bits per heavy atom. The Morgan fingerprint density at radius 3 is 1.44 bits per heavy atom. The van der Waals surface area contributed by atoms with Crippen LogP contribution in [-0.2, 0) is 0 Å². The van der Waals surface area contributed by atoms with E-state index in [0.29, 0.717) is 0 Å². The maximum absolute atomic E-state index is 2.43. The summed E-state index contributed by atoms with van der Waals surface area (Å²) in [7, 11) is 0. The first-order chi connectivity index (χ1) is 33.7. The molecule has 1 heterocycles. The van der Waals surface area contributed by atoms with Crippen LogP contribution in [0.25, 0.3) is 104 Å². The Labute approximate surface area is 395 Å². The summed E-state index contributed by atoms with van der Waals surface area (Å²) in [4.78, 5) is 2.43. The highest BCUT2D eigenvalue weighted by Gasteiger charge is 2.21. The molecular formula is C66H44N2. The Bertz CT molecular complexity index is 4020. The third-order valence-electron chi connectivity index (χ3n) is 13.7. The zero-order valence-electron chi connectivity index (χ0n) is 37.3. The van der Waals surface area contributed by atoms with Crippen LogP contribution >= 0.6 is 0 Å². The molecule has 0 amide bonds. The molecule has 0 saturated carbocycles. The summed E-state index contributed by atoms with van der Waals surface area (Å²) >= 11 is 0. The first-order valence-electron chi connectivity index (χ1n) is 23.4. The Morgan fingerprint density at radius 1 is 0.235 bits per heavy atom. The molecule has 0 aliphatic carbocycles. The van der Waals surface area contributed by atoms with Crippen molar-refractivity contribution in [2.24, 2.45) is 0 Å². The van der Waals surface area contributed by atoms with Crippen LogP contribution in [0.2, 0.25) is 0 Å². The lowest BCUT2D eigenvalue weighted by Gasteiger charge is -2.27. The fourth-order valence-electron chi connectivity index (χ4n) is 10.6. The van der Waals surface area contributed by atoms with E-state index in [-0.39, 0.29) is 0 Å². The average molecular weight is 865 g/mol. The number of nitrogens with zero attached hydrogens (tertiary/aromatic N) is 2. The highest BCUT2D eigenvalue weighted by molar-refractivity contribution is 6.22. The van der Waals surface area contributed by atoms with E-state index in [1.807, 2.05) is 0 Å². The molecule has 0 atom stereocenters. The van der Waals surface area contributed by atoms with E-state index in [1.165, 1.54) is 87.5 Å². The summed E-state index contributed by atoms with van der Waals surface area (Å²) in [6, 6.07) is 97.6. The summed E-state index contributed by atoms with van der Waals surface area (Å²) in [6.45, 7) is 0. The van der Waals surface area contributed by atoms with Gasteiger partial charge in [-0.1, -0.05) is 200 Å². The van der Waals surface area contributed by atoms with Crippen LogP contribution in [-0.4, -0.2) is 4.57 Å². The molecule has 0 saturated heterocycles. The minimum absolute atomic E-state index is 1.08. The molecule has 2 heteroatoms. The van der Waals surface area contributed by atoms with Crippen molar-refractivity contribution in [1.29, 1.82) is 0 Å². The van der Waals surface area contributed by atoms with Gasteiger partial charge in [-0.3, -0.25) is 0 Å². The Kier molecular flexibility index (Phi) is 9.54. The molecule has 0 radical (unpaired) electrons. The summed E-state index contributed by atoms with van der Waals surface area (Å²) in [5, 5.41) is 9.87. The molecule has 0 aliphatic rings. The zero-order valence-corrected chi connectivity index (χ0v) is 37.3. The van der Waals surface area contributed by atoms with Crippen molar-refractivity contribution in [3.63, 3.8) is 0 Å². The van der Waals surface area contributed by atoms with Gasteiger partial charge < -0.3 is 9.47 Å². The number of para-hydroxylation sites is 1. The van der Waals surface area contributed by atoms with E-state index in [4.69, 9.17) is 0 Å². The Hall–Kier alpha value is -8.98. The fraction of sp³-hybridized carbons (Fsp3) is 0. The molecule has 318 valence electrons. The van der Waals surface area contributed by atoms with Crippen LogP contribution < -0.4 is 4.90 Å². The van der Waals surface area contributed by atoms with Gasteiger partial charge in [-0.2, -0.15) is 0 Å². The van der Waals surface area contributed by atoms with Crippen LogP contribution in [0.15, 0.2) is 267 Å². The third-order valence-corrected chi connectivity index (χ3v) is 13.7. The molecule has 13 rings (SSSR count). The predicted molar refractivity (Wildman–Crippen MR) is 290 cm³/mol. The lowest BCUT2D eigenvalue weighted by Crippen LogP contribution is -2.10. The van der Waals surface area contributed by atoms with E-state index in [1.54, 1.807) is 0 Å².